The highest BCUT2D eigenvalue weighted by Crippen LogP contribution is 2.23. The molecule has 0 bridgehead atoms. The summed E-state index contributed by atoms with van der Waals surface area (Å²) in [6.07, 6.45) is 0.848. The quantitative estimate of drug-likeness (QED) is 0.583. The Hall–Kier alpha value is -2.48. The van der Waals surface area contributed by atoms with E-state index in [2.05, 4.69) is 9.98 Å². The van der Waals surface area contributed by atoms with Gasteiger partial charge in [-0.25, -0.2) is 9.59 Å². The molecule has 1 saturated heterocycles. The van der Waals surface area contributed by atoms with Gasteiger partial charge in [-0.15, -0.1) is 0 Å². The summed E-state index contributed by atoms with van der Waals surface area (Å²) in [5.41, 5.74) is -0.0580. The number of para-hydroxylation sites is 1. The molecule has 8 heteroatoms. The molecule has 27 heavy (non-hydrogen) atoms. The average Bonchev–Trinajstić information content (AvgIpc) is 3.17. The van der Waals surface area contributed by atoms with Gasteiger partial charge in [-0.05, 0) is 39.7 Å². The van der Waals surface area contributed by atoms with Crippen molar-refractivity contribution in [3.05, 3.63) is 34.5 Å². The zero-order chi connectivity index (χ0) is 19.8. The summed E-state index contributed by atoms with van der Waals surface area (Å²) >= 11 is 5.44. The van der Waals surface area contributed by atoms with E-state index in [9.17, 15) is 14.4 Å². The lowest BCUT2D eigenvalue weighted by Gasteiger charge is -2.28. The summed E-state index contributed by atoms with van der Waals surface area (Å²) in [6, 6.07) is 4.02. The maximum absolute atomic E-state index is 12.8. The van der Waals surface area contributed by atoms with Crippen LogP contribution >= 0.6 is 12.2 Å². The van der Waals surface area contributed by atoms with Gasteiger partial charge in [0.25, 0.3) is 0 Å². The molecule has 0 spiro atoms. The first-order chi connectivity index (χ1) is 12.7. The largest absolute Gasteiger partial charge is 0.444 e. The molecular formula is C19H21N3O4S. The van der Waals surface area contributed by atoms with E-state index in [0.717, 1.165) is 6.42 Å². The number of fused-ring (bicyclic) bond motifs is 1. The highest BCUT2D eigenvalue weighted by atomic mass is 32.1. The van der Waals surface area contributed by atoms with Gasteiger partial charge >= 0.3 is 12.1 Å². The second-order valence-corrected chi connectivity index (χ2v) is 8.07. The highest BCUT2D eigenvalue weighted by molar-refractivity contribution is 7.80. The maximum Gasteiger partial charge on any atom is 0.410 e. The fourth-order valence-electron chi connectivity index (χ4n) is 3.20. The van der Waals surface area contributed by atoms with Crippen LogP contribution in [0.1, 0.15) is 45.6 Å². The number of benzene rings is 1. The number of Topliss-reactive ketones (excluding diaryl/α,β-unsaturated/α-hetero) is 1. The topological polar surface area (TPSA) is 88.4 Å². The van der Waals surface area contributed by atoms with Crippen molar-refractivity contribution in [3.63, 3.8) is 0 Å². The lowest BCUT2D eigenvalue weighted by molar-refractivity contribution is -0.122. The van der Waals surface area contributed by atoms with Crippen LogP contribution in [0.2, 0.25) is 0 Å². The van der Waals surface area contributed by atoms with E-state index >= 15 is 0 Å². The van der Waals surface area contributed by atoms with Crippen molar-refractivity contribution in [1.82, 2.24) is 4.90 Å². The van der Waals surface area contributed by atoms with Crippen LogP contribution in [-0.2, 0) is 9.53 Å². The molecule has 142 valence electrons. The number of hydrogen-bond donors (Lipinski definition) is 0. The van der Waals surface area contributed by atoms with Gasteiger partial charge in [0.05, 0.1) is 11.4 Å². The third kappa shape index (κ3) is 4.27. The molecule has 1 aromatic rings. The van der Waals surface area contributed by atoms with Crippen molar-refractivity contribution in [1.29, 1.82) is 0 Å². The predicted molar refractivity (Wildman–Crippen MR) is 101 cm³/mol. The number of nitrogens with zero attached hydrogens (tertiary/aromatic N) is 3. The number of ether oxygens (including phenoxy) is 1. The third-order valence-electron chi connectivity index (χ3n) is 4.33. The summed E-state index contributed by atoms with van der Waals surface area (Å²) < 4.78 is 5.40. The molecular weight excluding hydrogens is 366 g/mol. The minimum atomic E-state index is -0.620. The van der Waals surface area contributed by atoms with Crippen LogP contribution in [0.3, 0.4) is 0 Å². The second kappa shape index (κ2) is 7.26. The van der Waals surface area contributed by atoms with Crippen molar-refractivity contribution in [3.8, 4) is 0 Å². The molecule has 0 aromatic heterocycles. The Bertz CT molecular complexity index is 949. The van der Waals surface area contributed by atoms with E-state index in [1.807, 2.05) is 0 Å². The number of ketones is 1. The lowest BCUT2D eigenvalue weighted by Crippen LogP contribution is -2.44. The lowest BCUT2D eigenvalue weighted by atomic mass is 10.0. The van der Waals surface area contributed by atoms with Gasteiger partial charge in [0.1, 0.15) is 11.0 Å². The second-order valence-electron chi connectivity index (χ2n) is 7.58. The Morgan fingerprint density at radius 2 is 2.04 bits per heavy atom. The molecule has 7 nitrogen and oxygen atoms in total. The monoisotopic (exact) mass is 387 g/mol. The molecule has 1 fully saturated rings. The summed E-state index contributed by atoms with van der Waals surface area (Å²) in [5, 5.41) is 0.874. The van der Waals surface area contributed by atoms with Crippen molar-refractivity contribution in [2.24, 2.45) is 9.98 Å². The first-order valence-corrected chi connectivity index (χ1v) is 9.22. The van der Waals surface area contributed by atoms with Crippen LogP contribution in [0.25, 0.3) is 0 Å². The van der Waals surface area contributed by atoms with E-state index < -0.39 is 23.8 Å². The molecule has 3 amide bonds. The average molecular weight is 387 g/mol. The van der Waals surface area contributed by atoms with E-state index in [-0.39, 0.29) is 12.2 Å². The third-order valence-corrected chi connectivity index (χ3v) is 4.69. The molecule has 0 aliphatic carbocycles. The SMILES string of the molecule is CC(C)(C)OC(=O)N1CCC[C@H]1C(=O)CC(=S)c1cccc2c1=NC(=O)N=2. The van der Waals surface area contributed by atoms with Gasteiger partial charge in [0.2, 0.25) is 0 Å². The number of rotatable bonds is 4. The highest BCUT2D eigenvalue weighted by Gasteiger charge is 2.36. The summed E-state index contributed by atoms with van der Waals surface area (Å²) in [4.78, 5) is 46.2. The smallest absolute Gasteiger partial charge is 0.410 e. The van der Waals surface area contributed by atoms with Crippen molar-refractivity contribution in [2.45, 2.75) is 51.7 Å². The van der Waals surface area contributed by atoms with Crippen LogP contribution in [0.5, 0.6) is 0 Å². The molecule has 1 atom stereocenters. The van der Waals surface area contributed by atoms with E-state index in [4.69, 9.17) is 17.0 Å². The van der Waals surface area contributed by atoms with E-state index in [1.54, 1.807) is 39.0 Å². The molecule has 0 unspecified atom stereocenters. The minimum absolute atomic E-state index is 0.000534. The van der Waals surface area contributed by atoms with Crippen molar-refractivity contribution >= 4 is 35.0 Å². The number of likely N-dealkylation sites (tertiary alicyclic amines) is 1. The molecule has 1 aromatic carbocycles. The van der Waals surface area contributed by atoms with Gasteiger partial charge in [-0.3, -0.25) is 9.69 Å². The van der Waals surface area contributed by atoms with Gasteiger partial charge in [0.15, 0.2) is 5.78 Å². The number of thiocarbonyl (C=S) groups is 1. The number of carbonyl (C=O) groups excluding carboxylic acids is 3. The zero-order valence-electron chi connectivity index (χ0n) is 15.5. The molecule has 0 N–H and O–H groups in total. The maximum atomic E-state index is 12.8. The Kier molecular flexibility index (Phi) is 5.19. The van der Waals surface area contributed by atoms with Gasteiger partial charge < -0.3 is 4.74 Å². The summed E-state index contributed by atoms with van der Waals surface area (Å²) in [5.74, 6) is -0.137. The molecule has 2 heterocycles. The number of hydrogen-bond acceptors (Lipinski definition) is 5. The van der Waals surface area contributed by atoms with Gasteiger partial charge in [0, 0.05) is 23.4 Å². The number of amides is 3. The first-order valence-electron chi connectivity index (χ1n) is 8.82. The Morgan fingerprint density at radius 3 is 2.74 bits per heavy atom. The zero-order valence-corrected chi connectivity index (χ0v) is 16.3. The Balaban J connectivity index is 1.74. The van der Waals surface area contributed by atoms with Crippen LogP contribution < -0.4 is 10.7 Å². The fourth-order valence-corrected chi connectivity index (χ4v) is 3.51. The van der Waals surface area contributed by atoms with Crippen LogP contribution in [0.4, 0.5) is 9.59 Å². The molecule has 2 aliphatic heterocycles. The number of carbonyl (C=O) groups is 3. The summed E-state index contributed by atoms with van der Waals surface area (Å²) in [6.45, 7) is 5.86. The van der Waals surface area contributed by atoms with Crippen LogP contribution in [-0.4, -0.2) is 45.9 Å². The fraction of sp³-hybridized carbons (Fsp3) is 0.474. The van der Waals surface area contributed by atoms with Gasteiger partial charge in [-0.2, -0.15) is 9.98 Å². The number of urea groups is 1. The first kappa shape index (κ1) is 19.3. The minimum Gasteiger partial charge on any atom is -0.444 e. The summed E-state index contributed by atoms with van der Waals surface area (Å²) in [7, 11) is 0. The Morgan fingerprint density at radius 1 is 1.30 bits per heavy atom. The van der Waals surface area contributed by atoms with E-state index in [1.165, 1.54) is 4.90 Å². The molecule has 0 saturated carbocycles. The van der Waals surface area contributed by atoms with Gasteiger partial charge in [-0.1, -0.05) is 24.4 Å². The van der Waals surface area contributed by atoms with E-state index in [0.29, 0.717) is 34.1 Å². The Labute approximate surface area is 162 Å². The molecule has 3 rings (SSSR count). The van der Waals surface area contributed by atoms with Crippen molar-refractivity contribution in [2.75, 3.05) is 6.54 Å². The predicted octanol–water partition coefficient (Wildman–Crippen LogP) is 2.14. The molecule has 0 radical (unpaired) electrons. The normalized spacial score (nSPS) is 18.6. The van der Waals surface area contributed by atoms with Crippen LogP contribution in [0.15, 0.2) is 28.2 Å². The standard InChI is InChI=1S/C19H21N3O4S/c1-19(2,3)26-18(25)22-9-5-8-13(22)14(23)10-15(27)11-6-4-7-12-16(11)21-17(24)20-12/h4,6-7,13H,5,8-10H2,1-3H3/t13-/m0/s1. The molecule has 2 aliphatic rings. The van der Waals surface area contributed by atoms with Crippen LogP contribution in [0, 0.1) is 0 Å². The van der Waals surface area contributed by atoms with Crippen molar-refractivity contribution < 1.29 is 19.1 Å².